The molecule has 2 heterocycles. The minimum Gasteiger partial charge on any atom is -0.508 e. The molecule has 0 unspecified atom stereocenters. The van der Waals surface area contributed by atoms with Crippen LogP contribution in [0, 0.1) is 0 Å². The molecule has 0 aliphatic rings. The SMILES string of the molecule is Cn1cccc1-c1cc(C(=O)N/N=C/c2ccc(O)cc2)[nH]n1. The molecule has 2 aromatic heterocycles. The Morgan fingerprint density at radius 3 is 2.83 bits per heavy atom. The summed E-state index contributed by atoms with van der Waals surface area (Å²) in [6, 6.07) is 12.0. The van der Waals surface area contributed by atoms with Crippen molar-refractivity contribution in [3.8, 4) is 17.1 Å². The molecule has 1 amide bonds. The first-order valence-electron chi connectivity index (χ1n) is 6.93. The number of aromatic amines is 1. The Labute approximate surface area is 132 Å². The van der Waals surface area contributed by atoms with Crippen molar-refractivity contribution in [2.45, 2.75) is 0 Å². The van der Waals surface area contributed by atoms with Crippen molar-refractivity contribution < 1.29 is 9.90 Å². The molecule has 0 saturated carbocycles. The highest BCUT2D eigenvalue weighted by Crippen LogP contribution is 2.17. The molecule has 23 heavy (non-hydrogen) atoms. The fraction of sp³-hybridized carbons (Fsp3) is 0.0625. The molecular weight excluding hydrogens is 294 g/mol. The van der Waals surface area contributed by atoms with Gasteiger partial charge >= 0.3 is 0 Å². The number of H-pyrrole nitrogens is 1. The predicted octanol–water partition coefficient (Wildman–Crippen LogP) is 1.88. The third-order valence-corrected chi connectivity index (χ3v) is 3.30. The molecule has 0 aliphatic carbocycles. The maximum atomic E-state index is 12.0. The number of aromatic nitrogens is 3. The largest absolute Gasteiger partial charge is 0.508 e. The second-order valence-electron chi connectivity index (χ2n) is 4.96. The number of hydrazone groups is 1. The van der Waals surface area contributed by atoms with Crippen molar-refractivity contribution in [2.24, 2.45) is 12.1 Å². The number of rotatable bonds is 4. The summed E-state index contributed by atoms with van der Waals surface area (Å²) >= 11 is 0. The average molecular weight is 309 g/mol. The molecule has 0 spiro atoms. The Morgan fingerprint density at radius 1 is 1.35 bits per heavy atom. The smallest absolute Gasteiger partial charge is 0.289 e. The van der Waals surface area contributed by atoms with Gasteiger partial charge in [-0.05, 0) is 48.0 Å². The van der Waals surface area contributed by atoms with Gasteiger partial charge in [-0.15, -0.1) is 0 Å². The van der Waals surface area contributed by atoms with Crippen LogP contribution in [0.1, 0.15) is 16.1 Å². The highest BCUT2D eigenvalue weighted by molar-refractivity contribution is 5.94. The molecule has 0 atom stereocenters. The lowest BCUT2D eigenvalue weighted by Gasteiger charge is -1.97. The quantitative estimate of drug-likeness (QED) is 0.507. The number of amides is 1. The number of aromatic hydroxyl groups is 1. The van der Waals surface area contributed by atoms with Crippen molar-refractivity contribution in [2.75, 3.05) is 0 Å². The van der Waals surface area contributed by atoms with E-state index in [9.17, 15) is 9.90 Å². The van der Waals surface area contributed by atoms with Crippen molar-refractivity contribution in [1.29, 1.82) is 0 Å². The van der Waals surface area contributed by atoms with Crippen LogP contribution >= 0.6 is 0 Å². The number of phenolic OH excluding ortho intramolecular Hbond substituents is 1. The van der Waals surface area contributed by atoms with Crippen LogP contribution in [0.3, 0.4) is 0 Å². The Kier molecular flexibility index (Phi) is 3.92. The summed E-state index contributed by atoms with van der Waals surface area (Å²) in [6.45, 7) is 0. The standard InChI is InChI=1S/C16H15N5O2/c1-21-8-2-3-15(21)13-9-14(19-18-13)16(23)20-17-10-11-4-6-12(22)7-5-11/h2-10,22H,1H3,(H,18,19)(H,20,23)/b17-10+. The zero-order chi connectivity index (χ0) is 16.2. The molecule has 7 heteroatoms. The summed E-state index contributed by atoms with van der Waals surface area (Å²) in [5.74, 6) is -0.204. The van der Waals surface area contributed by atoms with Crippen molar-refractivity contribution in [3.05, 3.63) is 59.9 Å². The Morgan fingerprint density at radius 2 is 2.13 bits per heavy atom. The van der Waals surface area contributed by atoms with E-state index in [1.807, 2.05) is 29.9 Å². The molecule has 0 bridgehead atoms. The van der Waals surface area contributed by atoms with Crippen molar-refractivity contribution in [3.63, 3.8) is 0 Å². The lowest BCUT2D eigenvalue weighted by atomic mass is 10.2. The minimum absolute atomic E-state index is 0.178. The summed E-state index contributed by atoms with van der Waals surface area (Å²) in [7, 11) is 1.91. The first-order chi connectivity index (χ1) is 11.1. The van der Waals surface area contributed by atoms with E-state index in [4.69, 9.17) is 0 Å². The molecular formula is C16H15N5O2. The van der Waals surface area contributed by atoms with Gasteiger partial charge in [-0.1, -0.05) is 0 Å². The highest BCUT2D eigenvalue weighted by atomic mass is 16.3. The Balaban J connectivity index is 1.66. The van der Waals surface area contributed by atoms with Gasteiger partial charge in [0.2, 0.25) is 0 Å². The van der Waals surface area contributed by atoms with Crippen LogP contribution in [0.5, 0.6) is 5.75 Å². The van der Waals surface area contributed by atoms with E-state index in [0.717, 1.165) is 11.3 Å². The van der Waals surface area contributed by atoms with E-state index in [0.29, 0.717) is 11.4 Å². The first-order valence-corrected chi connectivity index (χ1v) is 6.93. The number of carbonyl (C=O) groups is 1. The van der Waals surface area contributed by atoms with Crippen molar-refractivity contribution in [1.82, 2.24) is 20.2 Å². The average Bonchev–Trinajstić information content (AvgIpc) is 3.17. The second kappa shape index (κ2) is 6.18. The number of hydrogen-bond donors (Lipinski definition) is 3. The van der Waals surface area contributed by atoms with Gasteiger partial charge in [0, 0.05) is 13.2 Å². The van der Waals surface area contributed by atoms with Gasteiger partial charge in [0.05, 0.1) is 11.9 Å². The Bertz CT molecular complexity index is 845. The molecule has 3 N–H and O–H groups in total. The summed E-state index contributed by atoms with van der Waals surface area (Å²) < 4.78 is 1.92. The molecule has 116 valence electrons. The maximum absolute atomic E-state index is 12.0. The van der Waals surface area contributed by atoms with Gasteiger partial charge < -0.3 is 9.67 Å². The third kappa shape index (κ3) is 3.29. The normalized spacial score (nSPS) is 11.0. The van der Waals surface area contributed by atoms with Crippen LogP contribution in [-0.2, 0) is 7.05 Å². The van der Waals surface area contributed by atoms with E-state index in [2.05, 4.69) is 20.7 Å². The van der Waals surface area contributed by atoms with Gasteiger partial charge in [-0.2, -0.15) is 10.2 Å². The van der Waals surface area contributed by atoms with Gasteiger partial charge in [0.1, 0.15) is 17.1 Å². The fourth-order valence-corrected chi connectivity index (χ4v) is 2.08. The molecule has 1 aromatic carbocycles. The summed E-state index contributed by atoms with van der Waals surface area (Å²) in [6.07, 6.45) is 3.40. The van der Waals surface area contributed by atoms with Crippen LogP contribution in [0.15, 0.2) is 53.8 Å². The highest BCUT2D eigenvalue weighted by Gasteiger charge is 2.11. The molecule has 0 fully saturated rings. The molecule has 0 radical (unpaired) electrons. The fourth-order valence-electron chi connectivity index (χ4n) is 2.08. The van der Waals surface area contributed by atoms with E-state index in [-0.39, 0.29) is 11.7 Å². The second-order valence-corrected chi connectivity index (χ2v) is 4.96. The summed E-state index contributed by atoms with van der Waals surface area (Å²) in [4.78, 5) is 12.0. The summed E-state index contributed by atoms with van der Waals surface area (Å²) in [5.41, 5.74) is 5.11. The van der Waals surface area contributed by atoms with Crippen LogP contribution in [0.25, 0.3) is 11.4 Å². The van der Waals surface area contributed by atoms with Gasteiger partial charge in [0.25, 0.3) is 5.91 Å². The van der Waals surface area contributed by atoms with E-state index >= 15 is 0 Å². The number of hydrogen-bond acceptors (Lipinski definition) is 4. The number of phenols is 1. The molecule has 0 aliphatic heterocycles. The van der Waals surface area contributed by atoms with E-state index in [1.54, 1.807) is 30.3 Å². The lowest BCUT2D eigenvalue weighted by molar-refractivity contribution is 0.0950. The zero-order valence-corrected chi connectivity index (χ0v) is 12.4. The van der Waals surface area contributed by atoms with Gasteiger partial charge in [-0.3, -0.25) is 9.89 Å². The van der Waals surface area contributed by atoms with Crippen LogP contribution < -0.4 is 5.43 Å². The first kappa shape index (κ1) is 14.6. The predicted molar refractivity (Wildman–Crippen MR) is 86.2 cm³/mol. The molecule has 3 aromatic rings. The van der Waals surface area contributed by atoms with E-state index in [1.165, 1.54) is 6.21 Å². The summed E-state index contributed by atoms with van der Waals surface area (Å²) in [5, 5.41) is 19.9. The molecule has 0 saturated heterocycles. The number of aryl methyl sites for hydroxylation is 1. The van der Waals surface area contributed by atoms with Crippen molar-refractivity contribution >= 4 is 12.1 Å². The van der Waals surface area contributed by atoms with Gasteiger partial charge in [0.15, 0.2) is 0 Å². The Hall–Kier alpha value is -3.35. The molecule has 7 nitrogen and oxygen atoms in total. The number of carbonyl (C=O) groups excluding carboxylic acids is 1. The monoisotopic (exact) mass is 309 g/mol. The van der Waals surface area contributed by atoms with Crippen LogP contribution in [-0.4, -0.2) is 32.0 Å². The minimum atomic E-state index is -0.381. The van der Waals surface area contributed by atoms with Crippen LogP contribution in [0.4, 0.5) is 0 Å². The number of nitrogens with one attached hydrogen (secondary N) is 2. The van der Waals surface area contributed by atoms with Crippen LogP contribution in [0.2, 0.25) is 0 Å². The molecule has 3 rings (SSSR count). The third-order valence-electron chi connectivity index (χ3n) is 3.30. The maximum Gasteiger partial charge on any atom is 0.289 e. The topological polar surface area (TPSA) is 95.3 Å². The van der Waals surface area contributed by atoms with Gasteiger partial charge in [-0.25, -0.2) is 5.43 Å². The number of nitrogens with zero attached hydrogens (tertiary/aromatic N) is 3. The zero-order valence-electron chi connectivity index (χ0n) is 12.4. The van der Waals surface area contributed by atoms with E-state index < -0.39 is 0 Å². The lowest BCUT2D eigenvalue weighted by Crippen LogP contribution is -2.17. The number of benzene rings is 1.